The lowest BCUT2D eigenvalue weighted by Gasteiger charge is -2.32. The van der Waals surface area contributed by atoms with E-state index in [-0.39, 0.29) is 5.91 Å². The van der Waals surface area contributed by atoms with Crippen molar-refractivity contribution in [3.05, 3.63) is 18.2 Å². The molecule has 1 aromatic rings. The smallest absolute Gasteiger partial charge is 0.236 e. The number of amides is 1. The highest BCUT2D eigenvalue weighted by Gasteiger charge is 2.25. The average molecular weight is 292 g/mol. The fraction of sp³-hybridized carbons (Fsp3) is 0.750. The molecule has 0 aliphatic carbocycles. The molecule has 1 aliphatic heterocycles. The van der Waals surface area contributed by atoms with Gasteiger partial charge >= 0.3 is 0 Å². The number of likely N-dealkylation sites (N-methyl/N-ethyl adjacent to an activating group) is 1. The zero-order valence-corrected chi connectivity index (χ0v) is 13.6. The molecular formula is C16H28N4O. The molecule has 0 saturated carbocycles. The number of aryl methyl sites for hydroxylation is 1. The monoisotopic (exact) mass is 292 g/mol. The lowest BCUT2D eigenvalue weighted by Crippen LogP contribution is -2.42. The van der Waals surface area contributed by atoms with Crippen molar-refractivity contribution in [2.24, 2.45) is 0 Å². The third-order valence-electron chi connectivity index (χ3n) is 4.23. The molecule has 1 amide bonds. The van der Waals surface area contributed by atoms with Gasteiger partial charge in [0.25, 0.3) is 0 Å². The van der Waals surface area contributed by atoms with Crippen molar-refractivity contribution in [2.75, 3.05) is 33.7 Å². The van der Waals surface area contributed by atoms with Crippen LogP contribution in [0.4, 0.5) is 0 Å². The van der Waals surface area contributed by atoms with Crippen molar-refractivity contribution in [3.63, 3.8) is 0 Å². The van der Waals surface area contributed by atoms with Crippen LogP contribution in [0.3, 0.4) is 0 Å². The molecule has 1 saturated heterocycles. The Morgan fingerprint density at radius 1 is 1.48 bits per heavy atom. The first-order chi connectivity index (χ1) is 10.1. The number of likely N-dealkylation sites (tertiary alicyclic amines) is 1. The molecule has 118 valence electrons. The van der Waals surface area contributed by atoms with E-state index in [0.717, 1.165) is 26.1 Å². The first-order valence-electron chi connectivity index (χ1n) is 8.05. The summed E-state index contributed by atoms with van der Waals surface area (Å²) in [5, 5.41) is 0. The molecule has 0 aromatic carbocycles. The Hall–Kier alpha value is -1.36. The van der Waals surface area contributed by atoms with Gasteiger partial charge in [0, 0.05) is 45.5 Å². The molecule has 1 aliphatic rings. The summed E-state index contributed by atoms with van der Waals surface area (Å²) in [6.07, 6.45) is 8.72. The Kier molecular flexibility index (Phi) is 5.79. The van der Waals surface area contributed by atoms with E-state index in [4.69, 9.17) is 0 Å². The number of carbonyl (C=O) groups excluding carboxylic acids is 1. The van der Waals surface area contributed by atoms with Crippen LogP contribution < -0.4 is 0 Å². The minimum atomic E-state index is 0.185. The minimum absolute atomic E-state index is 0.185. The maximum absolute atomic E-state index is 11.9. The minimum Gasteiger partial charge on any atom is -0.348 e. The molecule has 1 unspecified atom stereocenters. The number of nitrogens with zero attached hydrogens (tertiary/aromatic N) is 4. The van der Waals surface area contributed by atoms with E-state index in [1.807, 2.05) is 20.3 Å². The molecule has 2 heterocycles. The van der Waals surface area contributed by atoms with Crippen LogP contribution in [-0.2, 0) is 11.3 Å². The van der Waals surface area contributed by atoms with Gasteiger partial charge in [-0.15, -0.1) is 0 Å². The molecule has 0 bridgehead atoms. The maximum Gasteiger partial charge on any atom is 0.236 e. The van der Waals surface area contributed by atoms with Gasteiger partial charge in [0.15, 0.2) is 0 Å². The Labute approximate surface area is 127 Å². The van der Waals surface area contributed by atoms with Gasteiger partial charge in [-0.1, -0.05) is 13.3 Å². The van der Waals surface area contributed by atoms with E-state index >= 15 is 0 Å². The van der Waals surface area contributed by atoms with Gasteiger partial charge in [-0.3, -0.25) is 9.69 Å². The predicted octanol–water partition coefficient (Wildman–Crippen LogP) is 1.95. The second-order valence-corrected chi connectivity index (χ2v) is 6.19. The molecule has 0 spiro atoms. The van der Waals surface area contributed by atoms with Crippen LogP contribution >= 0.6 is 0 Å². The van der Waals surface area contributed by atoms with Gasteiger partial charge < -0.3 is 9.47 Å². The zero-order chi connectivity index (χ0) is 15.2. The summed E-state index contributed by atoms with van der Waals surface area (Å²) >= 11 is 0. The molecule has 0 N–H and O–H groups in total. The van der Waals surface area contributed by atoms with Gasteiger partial charge in [0.2, 0.25) is 5.91 Å². The molecule has 1 atom stereocenters. The van der Waals surface area contributed by atoms with Gasteiger partial charge in [-0.2, -0.15) is 0 Å². The fourth-order valence-corrected chi connectivity index (χ4v) is 2.94. The van der Waals surface area contributed by atoms with Crippen LogP contribution in [0.25, 0.3) is 0 Å². The van der Waals surface area contributed by atoms with Crippen molar-refractivity contribution in [1.29, 1.82) is 0 Å². The fourth-order valence-electron chi connectivity index (χ4n) is 2.94. The van der Waals surface area contributed by atoms with Crippen LogP contribution in [0.2, 0.25) is 0 Å². The van der Waals surface area contributed by atoms with Crippen LogP contribution in [0.15, 0.2) is 12.4 Å². The third-order valence-corrected chi connectivity index (χ3v) is 4.23. The number of carbonyl (C=O) groups is 1. The Morgan fingerprint density at radius 2 is 2.29 bits per heavy atom. The number of hydrogen-bond acceptors (Lipinski definition) is 3. The molecule has 5 nitrogen and oxygen atoms in total. The molecule has 0 radical (unpaired) electrons. The molecule has 1 fully saturated rings. The highest BCUT2D eigenvalue weighted by atomic mass is 16.2. The van der Waals surface area contributed by atoms with Crippen molar-refractivity contribution in [3.8, 4) is 0 Å². The first-order valence-corrected chi connectivity index (χ1v) is 8.05. The second kappa shape index (κ2) is 7.59. The lowest BCUT2D eigenvalue weighted by atomic mass is 9.97. The number of piperidine rings is 1. The molecule has 5 heteroatoms. The lowest BCUT2D eigenvalue weighted by molar-refractivity contribution is -0.130. The van der Waals surface area contributed by atoms with Crippen molar-refractivity contribution >= 4 is 5.91 Å². The van der Waals surface area contributed by atoms with Crippen LogP contribution in [0.5, 0.6) is 0 Å². The topological polar surface area (TPSA) is 41.4 Å². The number of aromatic nitrogens is 2. The summed E-state index contributed by atoms with van der Waals surface area (Å²) in [4.78, 5) is 20.4. The number of rotatable bonds is 6. The Balaban J connectivity index is 1.97. The van der Waals surface area contributed by atoms with Crippen molar-refractivity contribution in [2.45, 2.75) is 45.1 Å². The molecular weight excluding hydrogens is 264 g/mol. The normalized spacial score (nSPS) is 19.7. The number of imidazole rings is 1. The third kappa shape index (κ3) is 4.30. The van der Waals surface area contributed by atoms with Crippen LogP contribution in [0.1, 0.15) is 44.3 Å². The number of unbranched alkanes of at least 4 members (excludes halogenated alkanes) is 1. The average Bonchev–Trinajstić information content (AvgIpc) is 2.93. The first kappa shape index (κ1) is 16.0. The van der Waals surface area contributed by atoms with Gasteiger partial charge in [-0.05, 0) is 25.8 Å². The van der Waals surface area contributed by atoms with Gasteiger partial charge in [-0.25, -0.2) is 4.98 Å². The van der Waals surface area contributed by atoms with Crippen LogP contribution in [-0.4, -0.2) is 59.0 Å². The summed E-state index contributed by atoms with van der Waals surface area (Å²) < 4.78 is 2.30. The van der Waals surface area contributed by atoms with E-state index in [2.05, 4.69) is 27.6 Å². The zero-order valence-electron chi connectivity index (χ0n) is 13.6. The van der Waals surface area contributed by atoms with E-state index in [1.165, 1.54) is 25.1 Å². The Morgan fingerprint density at radius 3 is 3.00 bits per heavy atom. The molecule has 21 heavy (non-hydrogen) atoms. The number of hydrogen-bond donors (Lipinski definition) is 0. The Bertz CT molecular complexity index is 455. The molecule has 2 rings (SSSR count). The van der Waals surface area contributed by atoms with Crippen molar-refractivity contribution in [1.82, 2.24) is 19.4 Å². The highest BCUT2D eigenvalue weighted by molar-refractivity contribution is 5.77. The maximum atomic E-state index is 11.9. The van der Waals surface area contributed by atoms with E-state index in [0.29, 0.717) is 12.5 Å². The van der Waals surface area contributed by atoms with Gasteiger partial charge in [0.05, 0.1) is 6.54 Å². The van der Waals surface area contributed by atoms with Crippen molar-refractivity contribution < 1.29 is 4.79 Å². The summed E-state index contributed by atoms with van der Waals surface area (Å²) in [5.74, 6) is 1.84. The summed E-state index contributed by atoms with van der Waals surface area (Å²) in [7, 11) is 3.64. The molecule has 1 aromatic heterocycles. The predicted molar refractivity (Wildman–Crippen MR) is 84.2 cm³/mol. The van der Waals surface area contributed by atoms with E-state index in [1.54, 1.807) is 4.90 Å². The largest absolute Gasteiger partial charge is 0.348 e. The summed E-state index contributed by atoms with van der Waals surface area (Å²) in [6.45, 7) is 5.76. The standard InChI is InChI=1S/C16H28N4O/c1-4-5-10-20-11-8-17-16(20)14-7-6-9-19(12-14)13-15(21)18(2)3/h8,11,14H,4-7,9-10,12-13H2,1-3H3. The quantitative estimate of drug-likeness (QED) is 0.805. The van der Waals surface area contributed by atoms with Gasteiger partial charge in [0.1, 0.15) is 5.82 Å². The highest BCUT2D eigenvalue weighted by Crippen LogP contribution is 2.26. The summed E-state index contributed by atoms with van der Waals surface area (Å²) in [6, 6.07) is 0. The van der Waals surface area contributed by atoms with Crippen LogP contribution in [0, 0.1) is 0 Å². The summed E-state index contributed by atoms with van der Waals surface area (Å²) in [5.41, 5.74) is 0. The van der Waals surface area contributed by atoms with E-state index < -0.39 is 0 Å². The SMILES string of the molecule is CCCCn1ccnc1C1CCCN(CC(=O)N(C)C)C1. The van der Waals surface area contributed by atoms with E-state index in [9.17, 15) is 4.79 Å². The second-order valence-electron chi connectivity index (χ2n) is 6.19.